The van der Waals surface area contributed by atoms with Crippen LogP contribution in [0.2, 0.25) is 10.0 Å². The zero-order chi connectivity index (χ0) is 25.8. The predicted molar refractivity (Wildman–Crippen MR) is 142 cm³/mol. The number of benzene rings is 3. The lowest BCUT2D eigenvalue weighted by Gasteiger charge is -2.24. The Morgan fingerprint density at radius 2 is 1.57 bits per heavy atom. The number of sulfonamides is 1. The summed E-state index contributed by atoms with van der Waals surface area (Å²) in [6.07, 6.45) is 1.38. The average molecular weight is 532 g/mol. The van der Waals surface area contributed by atoms with Gasteiger partial charge in [-0.05, 0) is 56.5 Å². The zero-order valence-corrected chi connectivity index (χ0v) is 22.3. The van der Waals surface area contributed by atoms with Gasteiger partial charge in [0.1, 0.15) is 0 Å². The molecule has 0 aliphatic heterocycles. The molecule has 35 heavy (non-hydrogen) atoms. The second-order valence-corrected chi connectivity index (χ2v) is 11.2. The molecule has 0 spiro atoms. The van der Waals surface area contributed by atoms with E-state index in [1.807, 2.05) is 50.2 Å². The van der Waals surface area contributed by atoms with E-state index in [9.17, 15) is 13.2 Å². The molecule has 0 aliphatic carbocycles. The van der Waals surface area contributed by atoms with Crippen LogP contribution in [0.3, 0.4) is 0 Å². The Morgan fingerprint density at radius 3 is 2.17 bits per heavy atom. The molecule has 0 heterocycles. The van der Waals surface area contributed by atoms with Crippen molar-refractivity contribution in [1.29, 1.82) is 0 Å². The van der Waals surface area contributed by atoms with Gasteiger partial charge < -0.3 is 0 Å². The lowest BCUT2D eigenvalue weighted by molar-refractivity contribution is -0.121. The van der Waals surface area contributed by atoms with E-state index >= 15 is 0 Å². The maximum absolute atomic E-state index is 13.7. The van der Waals surface area contributed by atoms with Crippen molar-refractivity contribution in [2.24, 2.45) is 5.10 Å². The summed E-state index contributed by atoms with van der Waals surface area (Å²) in [5, 5.41) is 4.79. The van der Waals surface area contributed by atoms with Crippen molar-refractivity contribution < 1.29 is 13.2 Å². The maximum Gasteiger partial charge on any atom is 0.255 e. The molecule has 0 fully saturated rings. The highest BCUT2D eigenvalue weighted by atomic mass is 35.5. The Balaban J connectivity index is 1.87. The fourth-order valence-corrected chi connectivity index (χ4v) is 6.05. The SMILES string of the molecule is Cc1ccc(CN(CC(=O)N/N=C/c2ccc(Cl)cc2Cl)S(=O)(=O)c2c(C)cc(C)cc2C)cc1. The standard InChI is InChI=1S/C26H27Cl2N3O3S/c1-17-5-7-21(8-6-17)15-31(35(33,34)26-19(3)11-18(2)12-20(26)4)16-25(32)30-29-14-22-9-10-23(27)13-24(22)28/h5-14H,15-16H2,1-4H3,(H,30,32)/b29-14+. The van der Waals surface area contributed by atoms with Crippen molar-refractivity contribution in [2.45, 2.75) is 39.1 Å². The topological polar surface area (TPSA) is 78.8 Å². The van der Waals surface area contributed by atoms with Crippen LogP contribution in [0.25, 0.3) is 0 Å². The Morgan fingerprint density at radius 1 is 0.943 bits per heavy atom. The quantitative estimate of drug-likeness (QED) is 0.305. The predicted octanol–water partition coefficient (Wildman–Crippen LogP) is 5.57. The van der Waals surface area contributed by atoms with Crippen LogP contribution in [0.4, 0.5) is 0 Å². The highest BCUT2D eigenvalue weighted by Crippen LogP contribution is 2.26. The molecule has 0 aliphatic rings. The van der Waals surface area contributed by atoms with Crippen LogP contribution in [0.1, 0.15) is 33.4 Å². The van der Waals surface area contributed by atoms with Crippen molar-refractivity contribution in [3.05, 3.63) is 98.0 Å². The van der Waals surface area contributed by atoms with Gasteiger partial charge in [-0.1, -0.05) is 76.8 Å². The molecule has 3 rings (SSSR count). The molecular weight excluding hydrogens is 505 g/mol. The number of halogens is 2. The van der Waals surface area contributed by atoms with E-state index in [-0.39, 0.29) is 11.4 Å². The summed E-state index contributed by atoms with van der Waals surface area (Å²) in [5.41, 5.74) is 7.01. The van der Waals surface area contributed by atoms with Gasteiger partial charge in [0, 0.05) is 17.1 Å². The lowest BCUT2D eigenvalue weighted by atomic mass is 10.1. The zero-order valence-electron chi connectivity index (χ0n) is 20.0. The van der Waals surface area contributed by atoms with Gasteiger partial charge >= 0.3 is 0 Å². The number of hydrazone groups is 1. The van der Waals surface area contributed by atoms with Gasteiger partial charge in [-0.25, -0.2) is 13.8 Å². The molecule has 0 unspecified atom stereocenters. The van der Waals surface area contributed by atoms with E-state index in [4.69, 9.17) is 23.2 Å². The minimum atomic E-state index is -3.99. The molecule has 0 saturated heterocycles. The van der Waals surface area contributed by atoms with E-state index in [0.717, 1.165) is 16.7 Å². The van der Waals surface area contributed by atoms with E-state index in [0.29, 0.717) is 26.7 Å². The van der Waals surface area contributed by atoms with Crippen molar-refractivity contribution in [1.82, 2.24) is 9.73 Å². The van der Waals surface area contributed by atoms with Crippen LogP contribution in [-0.2, 0) is 21.4 Å². The van der Waals surface area contributed by atoms with Gasteiger partial charge in [0.2, 0.25) is 10.0 Å². The van der Waals surface area contributed by atoms with Crippen LogP contribution in [0, 0.1) is 27.7 Å². The molecule has 184 valence electrons. The molecule has 0 saturated carbocycles. The normalized spacial score (nSPS) is 11.9. The van der Waals surface area contributed by atoms with Crippen LogP contribution >= 0.6 is 23.2 Å². The van der Waals surface area contributed by atoms with Gasteiger partial charge in [-0.15, -0.1) is 0 Å². The molecule has 0 aromatic heterocycles. The van der Waals surface area contributed by atoms with Crippen molar-refractivity contribution in [3.63, 3.8) is 0 Å². The van der Waals surface area contributed by atoms with E-state index in [1.54, 1.807) is 32.0 Å². The molecule has 1 N–H and O–H groups in total. The lowest BCUT2D eigenvalue weighted by Crippen LogP contribution is -2.39. The van der Waals surface area contributed by atoms with E-state index in [1.165, 1.54) is 10.5 Å². The highest BCUT2D eigenvalue weighted by Gasteiger charge is 2.30. The Labute approximate surface area is 216 Å². The van der Waals surface area contributed by atoms with Crippen LogP contribution in [0.15, 0.2) is 64.6 Å². The number of rotatable bonds is 8. The fraction of sp³-hybridized carbons (Fsp3) is 0.231. The smallest absolute Gasteiger partial charge is 0.255 e. The Kier molecular flexibility index (Phi) is 8.72. The fourth-order valence-electron chi connectivity index (χ4n) is 3.80. The maximum atomic E-state index is 13.7. The number of hydrogen-bond acceptors (Lipinski definition) is 4. The van der Waals surface area contributed by atoms with Gasteiger partial charge in [-0.3, -0.25) is 4.79 Å². The van der Waals surface area contributed by atoms with Gasteiger partial charge in [-0.2, -0.15) is 9.41 Å². The number of nitrogens with zero attached hydrogens (tertiary/aromatic N) is 2. The van der Waals surface area contributed by atoms with Crippen LogP contribution in [0.5, 0.6) is 0 Å². The Bertz CT molecular complexity index is 1350. The second kappa shape index (κ2) is 11.4. The number of carbonyl (C=O) groups excluding carboxylic acids is 1. The number of aryl methyl sites for hydroxylation is 4. The van der Waals surface area contributed by atoms with Gasteiger partial charge in [0.25, 0.3) is 5.91 Å². The third-order valence-electron chi connectivity index (χ3n) is 5.36. The highest BCUT2D eigenvalue weighted by molar-refractivity contribution is 7.89. The Hall–Kier alpha value is -2.71. The van der Waals surface area contributed by atoms with E-state index < -0.39 is 22.5 Å². The summed E-state index contributed by atoms with van der Waals surface area (Å²) >= 11 is 12.0. The molecule has 3 aromatic carbocycles. The molecule has 0 radical (unpaired) electrons. The third kappa shape index (κ3) is 6.92. The summed E-state index contributed by atoms with van der Waals surface area (Å²) < 4.78 is 28.7. The first-order chi connectivity index (χ1) is 16.5. The average Bonchev–Trinajstić information content (AvgIpc) is 2.75. The molecule has 9 heteroatoms. The summed E-state index contributed by atoms with van der Waals surface area (Å²) in [7, 11) is -3.99. The van der Waals surface area contributed by atoms with Crippen molar-refractivity contribution >= 4 is 45.3 Å². The number of nitrogens with one attached hydrogen (secondary N) is 1. The first-order valence-electron chi connectivity index (χ1n) is 10.9. The summed E-state index contributed by atoms with van der Waals surface area (Å²) in [6.45, 7) is 7.02. The largest absolute Gasteiger partial charge is 0.272 e. The first kappa shape index (κ1) is 26.9. The minimum absolute atomic E-state index is 0.0372. The number of hydrogen-bond donors (Lipinski definition) is 1. The monoisotopic (exact) mass is 531 g/mol. The summed E-state index contributed by atoms with van der Waals surface area (Å²) in [6, 6.07) is 16.0. The molecule has 6 nitrogen and oxygen atoms in total. The molecular formula is C26H27Cl2N3O3S. The van der Waals surface area contributed by atoms with E-state index in [2.05, 4.69) is 10.5 Å². The number of amides is 1. The van der Waals surface area contributed by atoms with Crippen LogP contribution < -0.4 is 5.43 Å². The summed E-state index contributed by atoms with van der Waals surface area (Å²) in [5.74, 6) is -0.579. The minimum Gasteiger partial charge on any atom is -0.272 e. The molecule has 0 atom stereocenters. The number of carbonyl (C=O) groups is 1. The van der Waals surface area contributed by atoms with Gasteiger partial charge in [0.15, 0.2) is 0 Å². The molecule has 0 bridgehead atoms. The third-order valence-corrected chi connectivity index (χ3v) is 8.02. The summed E-state index contributed by atoms with van der Waals surface area (Å²) in [4.78, 5) is 13.0. The molecule has 3 aromatic rings. The first-order valence-corrected chi connectivity index (χ1v) is 13.1. The van der Waals surface area contributed by atoms with Crippen molar-refractivity contribution in [2.75, 3.05) is 6.54 Å². The molecule has 1 amide bonds. The van der Waals surface area contributed by atoms with Crippen molar-refractivity contribution in [3.8, 4) is 0 Å². The van der Waals surface area contributed by atoms with Gasteiger partial charge in [0.05, 0.1) is 22.7 Å². The van der Waals surface area contributed by atoms with Crippen LogP contribution in [-0.4, -0.2) is 31.4 Å². The second-order valence-electron chi connectivity index (χ2n) is 8.45.